The summed E-state index contributed by atoms with van der Waals surface area (Å²) in [6, 6.07) is 7.70. The van der Waals surface area contributed by atoms with Crippen molar-refractivity contribution < 1.29 is 4.74 Å². The Labute approximate surface area is 115 Å². The number of para-hydroxylation sites is 1. The van der Waals surface area contributed by atoms with Gasteiger partial charge in [0, 0.05) is 19.2 Å². The van der Waals surface area contributed by atoms with E-state index in [4.69, 9.17) is 10.5 Å². The zero-order chi connectivity index (χ0) is 13.8. The molecule has 0 fully saturated rings. The van der Waals surface area contributed by atoms with Crippen LogP contribution in [0.3, 0.4) is 0 Å². The number of methoxy groups -OCH3 is 1. The van der Waals surface area contributed by atoms with Crippen LogP contribution in [0.5, 0.6) is 5.75 Å². The van der Waals surface area contributed by atoms with E-state index in [0.717, 1.165) is 11.3 Å². The maximum atomic E-state index is 11.3. The minimum Gasteiger partial charge on any atom is -0.496 e. The first-order chi connectivity index (χ1) is 9.17. The van der Waals surface area contributed by atoms with E-state index >= 15 is 0 Å². The van der Waals surface area contributed by atoms with Gasteiger partial charge in [0.15, 0.2) is 5.16 Å². The second kappa shape index (κ2) is 5.94. The monoisotopic (exact) mass is 280 g/mol. The fourth-order valence-electron chi connectivity index (χ4n) is 1.74. The van der Waals surface area contributed by atoms with Gasteiger partial charge in [0.05, 0.1) is 12.4 Å². The van der Waals surface area contributed by atoms with Crippen molar-refractivity contribution in [3.05, 3.63) is 40.3 Å². The van der Waals surface area contributed by atoms with Gasteiger partial charge >= 0.3 is 5.69 Å². The van der Waals surface area contributed by atoms with Gasteiger partial charge in [-0.1, -0.05) is 30.0 Å². The second-order valence-electron chi connectivity index (χ2n) is 3.95. The van der Waals surface area contributed by atoms with Gasteiger partial charge in [0.25, 0.3) is 0 Å². The van der Waals surface area contributed by atoms with Crippen LogP contribution in [-0.4, -0.2) is 28.4 Å². The molecule has 1 aromatic carbocycles. The maximum absolute atomic E-state index is 11.3. The summed E-state index contributed by atoms with van der Waals surface area (Å²) >= 11 is 1.43. The molecule has 1 atom stereocenters. The predicted molar refractivity (Wildman–Crippen MR) is 74.5 cm³/mol. The van der Waals surface area contributed by atoms with Crippen LogP contribution in [0.2, 0.25) is 0 Å². The summed E-state index contributed by atoms with van der Waals surface area (Å²) in [5, 5.41) is 6.97. The fraction of sp³-hybridized carbons (Fsp3) is 0.333. The number of H-pyrrole nitrogens is 1. The summed E-state index contributed by atoms with van der Waals surface area (Å²) in [4.78, 5) is 11.3. The Bertz CT molecular complexity index is 608. The number of nitrogens with one attached hydrogen (secondary N) is 1. The first-order valence-electron chi connectivity index (χ1n) is 5.78. The van der Waals surface area contributed by atoms with Crippen molar-refractivity contribution in [2.45, 2.75) is 10.4 Å². The maximum Gasteiger partial charge on any atom is 0.343 e. The minimum atomic E-state index is -0.238. The average Bonchev–Trinajstić information content (AvgIpc) is 2.76. The number of hydrogen-bond acceptors (Lipinski definition) is 5. The normalized spacial score (nSPS) is 12.4. The topological polar surface area (TPSA) is 85.9 Å². The lowest BCUT2D eigenvalue weighted by Gasteiger charge is -2.16. The molecule has 0 aliphatic heterocycles. The molecular formula is C12H16N4O2S. The lowest BCUT2D eigenvalue weighted by Crippen LogP contribution is -2.15. The van der Waals surface area contributed by atoms with Crippen molar-refractivity contribution in [2.75, 3.05) is 13.7 Å². The summed E-state index contributed by atoms with van der Waals surface area (Å²) < 4.78 is 6.80. The number of aromatic amines is 1. The van der Waals surface area contributed by atoms with Crippen LogP contribution >= 0.6 is 11.8 Å². The summed E-state index contributed by atoms with van der Waals surface area (Å²) in [6.07, 6.45) is 0. The highest BCUT2D eigenvalue weighted by Gasteiger charge is 2.18. The van der Waals surface area contributed by atoms with Gasteiger partial charge in [-0.15, -0.1) is 5.10 Å². The molecule has 0 amide bonds. The van der Waals surface area contributed by atoms with Crippen molar-refractivity contribution in [1.29, 1.82) is 0 Å². The molecule has 2 aromatic rings. The summed E-state index contributed by atoms with van der Waals surface area (Å²) in [5.74, 6) is 0.783. The molecule has 1 aromatic heterocycles. The Balaban J connectivity index is 2.30. The number of rotatable bonds is 5. The van der Waals surface area contributed by atoms with Crippen LogP contribution in [-0.2, 0) is 7.05 Å². The van der Waals surface area contributed by atoms with Gasteiger partial charge < -0.3 is 10.5 Å². The Hall–Kier alpha value is -1.73. The van der Waals surface area contributed by atoms with Crippen LogP contribution in [0.4, 0.5) is 0 Å². The quantitative estimate of drug-likeness (QED) is 0.795. The van der Waals surface area contributed by atoms with E-state index in [9.17, 15) is 4.79 Å². The molecule has 0 spiro atoms. The first kappa shape index (κ1) is 13.7. The molecule has 3 N–H and O–H groups in total. The summed E-state index contributed by atoms with van der Waals surface area (Å²) in [5.41, 5.74) is 6.59. The molecule has 19 heavy (non-hydrogen) atoms. The number of ether oxygens (including phenoxy) is 1. The highest BCUT2D eigenvalue weighted by Crippen LogP contribution is 2.37. The van der Waals surface area contributed by atoms with E-state index in [-0.39, 0.29) is 10.9 Å². The number of thioether (sulfide) groups is 1. The Morgan fingerprint density at radius 3 is 2.84 bits per heavy atom. The number of benzene rings is 1. The third-order valence-corrected chi connectivity index (χ3v) is 4.09. The predicted octanol–water partition coefficient (Wildman–Crippen LogP) is 0.909. The van der Waals surface area contributed by atoms with Crippen LogP contribution in [0, 0.1) is 0 Å². The van der Waals surface area contributed by atoms with Gasteiger partial charge in [0.1, 0.15) is 5.75 Å². The summed E-state index contributed by atoms with van der Waals surface area (Å²) in [6.45, 7) is 0.423. The summed E-state index contributed by atoms with van der Waals surface area (Å²) in [7, 11) is 3.30. The molecule has 0 aliphatic rings. The molecule has 0 aliphatic carbocycles. The van der Waals surface area contributed by atoms with Gasteiger partial charge in [-0.25, -0.2) is 9.89 Å². The van der Waals surface area contributed by atoms with E-state index in [1.165, 1.54) is 16.3 Å². The molecule has 6 nitrogen and oxygen atoms in total. The van der Waals surface area contributed by atoms with E-state index in [1.807, 2.05) is 24.3 Å². The Morgan fingerprint density at radius 1 is 1.53 bits per heavy atom. The van der Waals surface area contributed by atoms with E-state index in [0.29, 0.717) is 11.7 Å². The lowest BCUT2D eigenvalue weighted by molar-refractivity contribution is 0.409. The standard InChI is InChI=1S/C12H16N4O2S/c1-16-11(17)14-15-12(16)19-10(7-13)8-5-3-4-6-9(8)18-2/h3-6,10H,7,13H2,1-2H3,(H,14,17). The number of nitrogens with zero attached hydrogens (tertiary/aromatic N) is 2. The van der Waals surface area contributed by atoms with Crippen molar-refractivity contribution in [2.24, 2.45) is 12.8 Å². The SMILES string of the molecule is COc1ccccc1C(CN)Sc1n[nH]c(=O)n1C. The molecule has 0 bridgehead atoms. The van der Waals surface area contributed by atoms with E-state index in [2.05, 4.69) is 10.2 Å². The van der Waals surface area contributed by atoms with Gasteiger partial charge in [-0.2, -0.15) is 0 Å². The molecule has 2 rings (SSSR count). The molecule has 0 saturated heterocycles. The molecule has 1 heterocycles. The van der Waals surface area contributed by atoms with Crippen LogP contribution in [0.15, 0.2) is 34.2 Å². The van der Waals surface area contributed by atoms with Crippen molar-refractivity contribution in [3.8, 4) is 5.75 Å². The Morgan fingerprint density at radius 2 is 2.26 bits per heavy atom. The highest BCUT2D eigenvalue weighted by atomic mass is 32.2. The zero-order valence-electron chi connectivity index (χ0n) is 10.8. The van der Waals surface area contributed by atoms with Gasteiger partial charge in [-0.3, -0.25) is 4.57 Å². The smallest absolute Gasteiger partial charge is 0.343 e. The fourth-order valence-corrected chi connectivity index (χ4v) is 2.75. The van der Waals surface area contributed by atoms with Crippen molar-refractivity contribution in [3.63, 3.8) is 0 Å². The van der Waals surface area contributed by atoms with E-state index in [1.54, 1.807) is 14.2 Å². The molecular weight excluding hydrogens is 264 g/mol. The van der Waals surface area contributed by atoms with E-state index < -0.39 is 0 Å². The third-order valence-electron chi connectivity index (χ3n) is 2.79. The minimum absolute atomic E-state index is 0.0231. The van der Waals surface area contributed by atoms with Crippen LogP contribution < -0.4 is 16.2 Å². The van der Waals surface area contributed by atoms with Crippen LogP contribution in [0.25, 0.3) is 0 Å². The first-order valence-corrected chi connectivity index (χ1v) is 6.66. The number of aromatic nitrogens is 3. The lowest BCUT2D eigenvalue weighted by atomic mass is 10.1. The largest absolute Gasteiger partial charge is 0.496 e. The third kappa shape index (κ3) is 2.82. The average molecular weight is 280 g/mol. The van der Waals surface area contributed by atoms with Crippen LogP contribution in [0.1, 0.15) is 10.8 Å². The zero-order valence-corrected chi connectivity index (χ0v) is 11.6. The molecule has 0 saturated carbocycles. The molecule has 7 heteroatoms. The van der Waals surface area contributed by atoms with Crippen molar-refractivity contribution >= 4 is 11.8 Å². The van der Waals surface area contributed by atoms with Gasteiger partial charge in [0.2, 0.25) is 0 Å². The molecule has 102 valence electrons. The number of nitrogens with two attached hydrogens (primary N) is 1. The highest BCUT2D eigenvalue weighted by molar-refractivity contribution is 7.99. The molecule has 0 radical (unpaired) electrons. The Kier molecular flexibility index (Phi) is 4.28. The number of hydrogen-bond donors (Lipinski definition) is 2. The molecule has 1 unspecified atom stereocenters. The van der Waals surface area contributed by atoms with Gasteiger partial charge in [-0.05, 0) is 6.07 Å². The second-order valence-corrected chi connectivity index (χ2v) is 5.12. The van der Waals surface area contributed by atoms with Crippen molar-refractivity contribution in [1.82, 2.24) is 14.8 Å².